The first kappa shape index (κ1) is 47.4. The standard InChI is InChI=1S/C45H90O3/c1-11-12-13-14-15-16-17-18-19-20-21-22-23-24-25-26-44(46)42(9)33-40(7)31-38(5)29-36(3)27-35(2)28-37(4)30-39(6)32-41(8)34-43(10)45(47)48/h35-44,46H,11-34H2,1-10H3,(H,47,48)/t35-,36+,37-,38+,39-,40+,41-,42+,43-,44?/m0/s1. The van der Waals surface area contributed by atoms with E-state index < -0.39 is 5.97 Å². The molecular formula is C45H90O3. The van der Waals surface area contributed by atoms with Gasteiger partial charge in [-0.15, -0.1) is 0 Å². The molecule has 0 bridgehead atoms. The van der Waals surface area contributed by atoms with Gasteiger partial charge in [0.05, 0.1) is 12.0 Å². The number of unbranched alkanes of at least 4 members (excludes halogenated alkanes) is 14. The van der Waals surface area contributed by atoms with E-state index in [2.05, 4.69) is 62.3 Å². The summed E-state index contributed by atoms with van der Waals surface area (Å²) in [5.74, 6) is 4.31. The highest BCUT2D eigenvalue weighted by molar-refractivity contribution is 5.69. The lowest BCUT2D eigenvalue weighted by Gasteiger charge is -2.27. The van der Waals surface area contributed by atoms with Crippen LogP contribution in [0.2, 0.25) is 0 Å². The van der Waals surface area contributed by atoms with Gasteiger partial charge in [-0.3, -0.25) is 4.79 Å². The average Bonchev–Trinajstić information content (AvgIpc) is 2.97. The quantitative estimate of drug-likeness (QED) is 0.0666. The van der Waals surface area contributed by atoms with Crippen LogP contribution in [0.25, 0.3) is 0 Å². The number of carboxylic acid groups (broad SMARTS) is 1. The summed E-state index contributed by atoms with van der Waals surface area (Å²) in [4.78, 5) is 11.2. The van der Waals surface area contributed by atoms with Crippen molar-refractivity contribution in [2.75, 3.05) is 0 Å². The number of carboxylic acids is 1. The number of rotatable bonds is 34. The summed E-state index contributed by atoms with van der Waals surface area (Å²) >= 11 is 0. The fourth-order valence-electron chi connectivity index (χ4n) is 9.30. The van der Waals surface area contributed by atoms with Crippen LogP contribution < -0.4 is 0 Å². The molecule has 0 aliphatic heterocycles. The van der Waals surface area contributed by atoms with Gasteiger partial charge in [-0.25, -0.2) is 0 Å². The molecule has 3 nitrogen and oxygen atoms in total. The van der Waals surface area contributed by atoms with Crippen LogP contribution in [-0.4, -0.2) is 22.3 Å². The smallest absolute Gasteiger partial charge is 0.306 e. The molecule has 0 aliphatic carbocycles. The van der Waals surface area contributed by atoms with Crippen LogP contribution >= 0.6 is 0 Å². The molecule has 0 saturated heterocycles. The summed E-state index contributed by atoms with van der Waals surface area (Å²) < 4.78 is 0. The SMILES string of the molecule is CCCCCCCCCCCCCCCCCC(O)[C@H](C)C[C@H](C)C[C@H](C)C[C@H](C)C[C@H](C)C[C@H](C)C[C@H](C)C[C@H](C)C[C@H](C)C(=O)O. The first-order valence-electron chi connectivity index (χ1n) is 21.7. The van der Waals surface area contributed by atoms with E-state index in [1.165, 1.54) is 128 Å². The van der Waals surface area contributed by atoms with Crippen molar-refractivity contribution in [1.82, 2.24) is 0 Å². The van der Waals surface area contributed by atoms with Crippen LogP contribution in [0.3, 0.4) is 0 Å². The lowest BCUT2D eigenvalue weighted by Crippen LogP contribution is -2.21. The molecule has 0 saturated carbocycles. The second-order valence-electron chi connectivity index (χ2n) is 18.1. The Labute approximate surface area is 303 Å². The molecule has 10 atom stereocenters. The Kier molecular flexibility index (Phi) is 29.7. The van der Waals surface area contributed by atoms with Crippen LogP contribution in [0.4, 0.5) is 0 Å². The van der Waals surface area contributed by atoms with E-state index in [1.54, 1.807) is 0 Å². The van der Waals surface area contributed by atoms with Gasteiger partial charge in [0.2, 0.25) is 0 Å². The van der Waals surface area contributed by atoms with E-state index >= 15 is 0 Å². The Morgan fingerprint density at radius 2 is 0.688 bits per heavy atom. The Morgan fingerprint density at radius 3 is 1.00 bits per heavy atom. The van der Waals surface area contributed by atoms with Crippen LogP contribution in [0.1, 0.15) is 223 Å². The maximum Gasteiger partial charge on any atom is 0.306 e. The van der Waals surface area contributed by atoms with Crippen molar-refractivity contribution in [1.29, 1.82) is 0 Å². The number of aliphatic carboxylic acids is 1. The summed E-state index contributed by atoms with van der Waals surface area (Å²) in [5.41, 5.74) is 0. The molecule has 48 heavy (non-hydrogen) atoms. The predicted molar refractivity (Wildman–Crippen MR) is 213 cm³/mol. The molecule has 0 aromatic rings. The Morgan fingerprint density at radius 1 is 0.417 bits per heavy atom. The lowest BCUT2D eigenvalue weighted by molar-refractivity contribution is -0.141. The molecule has 0 aliphatic rings. The fourth-order valence-corrected chi connectivity index (χ4v) is 9.30. The van der Waals surface area contributed by atoms with Gasteiger partial charge in [-0.1, -0.05) is 166 Å². The minimum atomic E-state index is -0.663. The van der Waals surface area contributed by atoms with Gasteiger partial charge in [0.1, 0.15) is 0 Å². The average molecular weight is 679 g/mol. The highest BCUT2D eigenvalue weighted by Gasteiger charge is 2.22. The van der Waals surface area contributed by atoms with Crippen molar-refractivity contribution < 1.29 is 15.0 Å². The Hall–Kier alpha value is -0.570. The van der Waals surface area contributed by atoms with Gasteiger partial charge in [0, 0.05) is 0 Å². The maximum atomic E-state index is 11.2. The molecule has 0 amide bonds. The Balaban J connectivity index is 3.99. The van der Waals surface area contributed by atoms with Crippen molar-refractivity contribution in [3.63, 3.8) is 0 Å². The van der Waals surface area contributed by atoms with Crippen LogP contribution in [0.5, 0.6) is 0 Å². The molecule has 0 aromatic carbocycles. The fraction of sp³-hybridized carbons (Fsp3) is 0.978. The Bertz CT molecular complexity index is 721. The van der Waals surface area contributed by atoms with Crippen molar-refractivity contribution in [3.8, 4) is 0 Å². The normalized spacial score (nSPS) is 18.4. The van der Waals surface area contributed by atoms with E-state index in [0.717, 1.165) is 49.4 Å². The third-order valence-corrected chi connectivity index (χ3v) is 11.5. The summed E-state index contributed by atoms with van der Waals surface area (Å²) in [6.45, 7) is 23.2. The van der Waals surface area contributed by atoms with Crippen LogP contribution in [0.15, 0.2) is 0 Å². The molecule has 2 N–H and O–H groups in total. The van der Waals surface area contributed by atoms with Gasteiger partial charge in [0.15, 0.2) is 0 Å². The summed E-state index contributed by atoms with van der Waals surface area (Å²) in [6, 6.07) is 0. The van der Waals surface area contributed by atoms with E-state index in [-0.39, 0.29) is 12.0 Å². The number of carbonyl (C=O) groups is 1. The van der Waals surface area contributed by atoms with E-state index in [1.807, 2.05) is 6.92 Å². The molecule has 0 fully saturated rings. The van der Waals surface area contributed by atoms with E-state index in [4.69, 9.17) is 0 Å². The van der Waals surface area contributed by atoms with E-state index in [0.29, 0.717) is 23.7 Å². The van der Waals surface area contributed by atoms with Gasteiger partial charge >= 0.3 is 5.97 Å². The zero-order valence-electron chi connectivity index (χ0n) is 34.5. The minimum Gasteiger partial charge on any atom is -0.481 e. The lowest BCUT2D eigenvalue weighted by atomic mass is 9.79. The number of hydrogen-bond donors (Lipinski definition) is 2. The summed E-state index contributed by atoms with van der Waals surface area (Å²) in [6.07, 6.45) is 31.3. The van der Waals surface area contributed by atoms with Crippen molar-refractivity contribution in [3.05, 3.63) is 0 Å². The first-order valence-corrected chi connectivity index (χ1v) is 21.7. The van der Waals surface area contributed by atoms with Crippen LogP contribution in [-0.2, 0) is 4.79 Å². The largest absolute Gasteiger partial charge is 0.481 e. The van der Waals surface area contributed by atoms with Gasteiger partial charge in [-0.05, 0) is 105 Å². The maximum absolute atomic E-state index is 11.2. The second kappa shape index (κ2) is 30.1. The summed E-state index contributed by atoms with van der Waals surface area (Å²) in [7, 11) is 0. The third-order valence-electron chi connectivity index (χ3n) is 11.5. The van der Waals surface area contributed by atoms with Crippen molar-refractivity contribution in [2.45, 2.75) is 229 Å². The number of aliphatic hydroxyl groups excluding tert-OH is 1. The van der Waals surface area contributed by atoms with Gasteiger partial charge in [-0.2, -0.15) is 0 Å². The van der Waals surface area contributed by atoms with E-state index in [9.17, 15) is 15.0 Å². The number of aliphatic hydroxyl groups is 1. The van der Waals surface area contributed by atoms with Crippen LogP contribution in [0, 0.1) is 53.3 Å². The third kappa shape index (κ3) is 28.2. The zero-order valence-corrected chi connectivity index (χ0v) is 34.5. The molecule has 288 valence electrons. The van der Waals surface area contributed by atoms with Crippen molar-refractivity contribution in [2.24, 2.45) is 53.3 Å². The highest BCUT2D eigenvalue weighted by Crippen LogP contribution is 2.32. The molecule has 0 radical (unpaired) electrons. The van der Waals surface area contributed by atoms with Crippen molar-refractivity contribution >= 4 is 5.97 Å². The van der Waals surface area contributed by atoms with Gasteiger partial charge < -0.3 is 10.2 Å². The second-order valence-corrected chi connectivity index (χ2v) is 18.1. The summed E-state index contributed by atoms with van der Waals surface area (Å²) in [5, 5.41) is 20.1. The molecule has 0 spiro atoms. The first-order chi connectivity index (χ1) is 22.7. The molecule has 0 heterocycles. The topological polar surface area (TPSA) is 57.5 Å². The predicted octanol–water partition coefficient (Wildman–Crippen LogP) is 14.5. The molecule has 0 rings (SSSR count). The molecule has 0 aromatic heterocycles. The van der Waals surface area contributed by atoms with Gasteiger partial charge in [0.25, 0.3) is 0 Å². The highest BCUT2D eigenvalue weighted by atomic mass is 16.4. The number of hydrogen-bond acceptors (Lipinski definition) is 2. The molecular weight excluding hydrogens is 588 g/mol. The monoisotopic (exact) mass is 679 g/mol. The zero-order chi connectivity index (χ0) is 36.3. The minimum absolute atomic E-state index is 0.134. The molecule has 3 heteroatoms. The molecule has 1 unspecified atom stereocenters.